The van der Waals surface area contributed by atoms with Crippen LogP contribution in [0.2, 0.25) is 17.7 Å². The monoisotopic (exact) mass is 509 g/mol. The first-order valence-corrected chi connectivity index (χ1v) is 19.3. The van der Waals surface area contributed by atoms with Crippen LogP contribution in [0.3, 0.4) is 0 Å². The van der Waals surface area contributed by atoms with E-state index >= 15 is 0 Å². The molecule has 0 amide bonds. The average molecular weight is 508 g/mol. The second kappa shape index (κ2) is 13.2. The summed E-state index contributed by atoms with van der Waals surface area (Å²) >= 11 is -2.50. The number of allylic oxidation sites excluding steroid dienone is 2. The number of nitrogens with zero attached hydrogens (tertiary/aromatic N) is 1. The molecule has 0 aliphatic rings. The Balaban J connectivity index is 3.22. The van der Waals surface area contributed by atoms with Crippen molar-refractivity contribution < 1.29 is 9.72 Å². The SMILES string of the molecule is CCC[CH2][Sn]([CH2]CCC)([CH2]CCC)[CH2]C(C(=O)c1ccc([N+](=O)[O-])cc1)=C(C)C. The molecule has 0 aliphatic carbocycles. The Kier molecular flexibility index (Phi) is 11.8. The molecule has 0 saturated heterocycles. The summed E-state index contributed by atoms with van der Waals surface area (Å²) in [6.07, 6.45) is 7.51. The number of nitro benzene ring substituents is 1. The zero-order valence-corrected chi connectivity index (χ0v) is 21.9. The molecule has 1 aromatic carbocycles. The Morgan fingerprint density at radius 3 is 1.69 bits per heavy atom. The van der Waals surface area contributed by atoms with Gasteiger partial charge in [-0.1, -0.05) is 0 Å². The van der Waals surface area contributed by atoms with Crippen molar-refractivity contribution >= 4 is 29.8 Å². The molecule has 1 rings (SSSR count). The zero-order chi connectivity index (χ0) is 21.9. The summed E-state index contributed by atoms with van der Waals surface area (Å²) in [5.74, 6) is 0.0745. The Morgan fingerprint density at radius 2 is 1.34 bits per heavy atom. The predicted molar refractivity (Wildman–Crippen MR) is 126 cm³/mol. The number of carbonyl (C=O) groups excluding carboxylic acids is 1. The number of rotatable bonds is 14. The van der Waals surface area contributed by atoms with Crippen LogP contribution < -0.4 is 0 Å². The summed E-state index contributed by atoms with van der Waals surface area (Å²) in [6.45, 7) is 10.9. The van der Waals surface area contributed by atoms with E-state index in [4.69, 9.17) is 0 Å². The van der Waals surface area contributed by atoms with Gasteiger partial charge < -0.3 is 0 Å². The van der Waals surface area contributed by atoms with E-state index in [1.165, 1.54) is 64.0 Å². The molecule has 0 aromatic heterocycles. The van der Waals surface area contributed by atoms with E-state index in [1.54, 1.807) is 12.1 Å². The van der Waals surface area contributed by atoms with Gasteiger partial charge in [0.1, 0.15) is 0 Å². The van der Waals surface area contributed by atoms with Gasteiger partial charge in [0.25, 0.3) is 0 Å². The third kappa shape index (κ3) is 8.23. The fourth-order valence-electron chi connectivity index (χ4n) is 4.06. The zero-order valence-electron chi connectivity index (χ0n) is 19.1. The van der Waals surface area contributed by atoms with E-state index in [0.717, 1.165) is 15.6 Å². The number of carbonyl (C=O) groups is 1. The molecule has 29 heavy (non-hydrogen) atoms. The third-order valence-corrected chi connectivity index (χ3v) is 21.2. The molecular weight excluding hydrogens is 469 g/mol. The standard InChI is InChI=1S/C12H12NO3.3C4H9.Sn/c1-8(2)9(3)12(14)10-4-6-11(7-5-10)13(15)16;3*1-3-4-2;/h4-7H,3H2,1-2H3;3*1,3-4H2,2H3;. The van der Waals surface area contributed by atoms with Crippen molar-refractivity contribution in [2.24, 2.45) is 0 Å². The van der Waals surface area contributed by atoms with Crippen molar-refractivity contribution in [3.8, 4) is 0 Å². The average Bonchev–Trinajstić information content (AvgIpc) is 2.72. The van der Waals surface area contributed by atoms with Crippen molar-refractivity contribution in [1.29, 1.82) is 0 Å². The van der Waals surface area contributed by atoms with E-state index in [9.17, 15) is 14.9 Å². The van der Waals surface area contributed by atoms with E-state index in [2.05, 4.69) is 34.6 Å². The topological polar surface area (TPSA) is 60.2 Å². The Hall–Kier alpha value is -1.17. The van der Waals surface area contributed by atoms with Crippen LogP contribution in [0.25, 0.3) is 0 Å². The van der Waals surface area contributed by atoms with Crippen molar-refractivity contribution in [2.45, 2.75) is 90.9 Å². The molecule has 0 fully saturated rings. The van der Waals surface area contributed by atoms with Crippen LogP contribution in [0.15, 0.2) is 35.4 Å². The predicted octanol–water partition coefficient (Wildman–Crippen LogP) is 7.96. The van der Waals surface area contributed by atoms with Gasteiger partial charge in [0.2, 0.25) is 0 Å². The van der Waals surface area contributed by atoms with Gasteiger partial charge in [-0.05, 0) is 0 Å². The molecule has 0 heterocycles. The van der Waals surface area contributed by atoms with Gasteiger partial charge in [-0.15, -0.1) is 0 Å². The molecule has 5 heteroatoms. The van der Waals surface area contributed by atoms with Crippen LogP contribution in [-0.4, -0.2) is 29.1 Å². The molecule has 0 bridgehead atoms. The van der Waals surface area contributed by atoms with Crippen molar-refractivity contribution in [3.05, 3.63) is 51.1 Å². The van der Waals surface area contributed by atoms with Crippen LogP contribution in [-0.2, 0) is 0 Å². The number of nitro groups is 1. The summed E-state index contributed by atoms with van der Waals surface area (Å²) in [6, 6.07) is 6.12. The first-order chi connectivity index (χ1) is 13.8. The maximum atomic E-state index is 13.4. The summed E-state index contributed by atoms with van der Waals surface area (Å²) in [7, 11) is 0. The third-order valence-electron chi connectivity index (χ3n) is 5.95. The minimum atomic E-state index is -2.50. The van der Waals surface area contributed by atoms with Crippen LogP contribution in [0.5, 0.6) is 0 Å². The number of non-ortho nitro benzene ring substituents is 1. The molecule has 0 radical (unpaired) electrons. The maximum absolute atomic E-state index is 13.4. The number of benzene rings is 1. The molecule has 0 aliphatic heterocycles. The van der Waals surface area contributed by atoms with Gasteiger partial charge in [-0.25, -0.2) is 0 Å². The van der Waals surface area contributed by atoms with E-state index in [1.807, 2.05) is 0 Å². The summed E-state index contributed by atoms with van der Waals surface area (Å²) in [5, 5.41) is 10.9. The molecule has 0 atom stereocenters. The van der Waals surface area contributed by atoms with Crippen molar-refractivity contribution in [1.82, 2.24) is 0 Å². The number of unbranched alkanes of at least 4 members (excludes halogenated alkanes) is 3. The first kappa shape index (κ1) is 25.9. The van der Waals surface area contributed by atoms with Gasteiger partial charge in [0.15, 0.2) is 0 Å². The molecule has 0 saturated carbocycles. The van der Waals surface area contributed by atoms with E-state index < -0.39 is 23.3 Å². The molecule has 4 nitrogen and oxygen atoms in total. The van der Waals surface area contributed by atoms with Gasteiger partial charge in [-0.3, -0.25) is 0 Å². The van der Waals surface area contributed by atoms with Crippen LogP contribution >= 0.6 is 0 Å². The molecule has 1 aromatic rings. The number of hydrogen-bond acceptors (Lipinski definition) is 3. The Morgan fingerprint density at radius 1 is 0.897 bits per heavy atom. The fourth-order valence-corrected chi connectivity index (χ4v) is 20.8. The summed E-state index contributed by atoms with van der Waals surface area (Å²) in [4.78, 5) is 23.9. The number of ketones is 1. The van der Waals surface area contributed by atoms with E-state index in [0.29, 0.717) is 5.56 Å². The van der Waals surface area contributed by atoms with Gasteiger partial charge in [0, 0.05) is 0 Å². The molecular formula is C24H39NO3Sn. The van der Waals surface area contributed by atoms with E-state index in [-0.39, 0.29) is 11.5 Å². The number of hydrogen-bond donors (Lipinski definition) is 0. The normalized spacial score (nSPS) is 11.3. The van der Waals surface area contributed by atoms with Crippen LogP contribution in [0.4, 0.5) is 5.69 Å². The van der Waals surface area contributed by atoms with Gasteiger partial charge in [0.05, 0.1) is 0 Å². The van der Waals surface area contributed by atoms with Gasteiger partial charge >= 0.3 is 182 Å². The first-order valence-electron chi connectivity index (χ1n) is 11.3. The number of Topliss-reactive ketones (excluding diaryl/α,β-unsaturated/α-hetero) is 1. The fraction of sp³-hybridized carbons (Fsp3) is 0.625. The molecule has 0 spiro atoms. The van der Waals surface area contributed by atoms with Gasteiger partial charge in [-0.2, -0.15) is 0 Å². The summed E-state index contributed by atoms with van der Waals surface area (Å²) < 4.78 is 5.13. The van der Waals surface area contributed by atoms with Crippen LogP contribution in [0.1, 0.15) is 83.5 Å². The molecule has 0 N–H and O–H groups in total. The second-order valence-electron chi connectivity index (χ2n) is 8.60. The summed E-state index contributed by atoms with van der Waals surface area (Å²) in [5.41, 5.74) is 2.70. The van der Waals surface area contributed by atoms with Crippen LogP contribution in [0, 0.1) is 10.1 Å². The quantitative estimate of drug-likeness (QED) is 0.0842. The Bertz CT molecular complexity index is 669. The molecule has 162 valence electrons. The molecule has 0 unspecified atom stereocenters. The van der Waals surface area contributed by atoms with Crippen molar-refractivity contribution in [2.75, 3.05) is 0 Å². The second-order valence-corrected chi connectivity index (χ2v) is 22.5. The Labute approximate surface area is 181 Å². The minimum absolute atomic E-state index is 0.0302. The van der Waals surface area contributed by atoms with Crippen molar-refractivity contribution in [3.63, 3.8) is 0 Å².